The third kappa shape index (κ3) is 11.1. The Hall–Kier alpha value is -2.11. The molecule has 0 amide bonds. The summed E-state index contributed by atoms with van der Waals surface area (Å²) in [6.45, 7) is 27.0. The summed E-state index contributed by atoms with van der Waals surface area (Å²) in [7, 11) is 0. The molecule has 1 atom stereocenters. The molecule has 2 aliphatic rings. The van der Waals surface area contributed by atoms with E-state index in [1.807, 2.05) is 24.3 Å². The molecule has 5 rings (SSSR count). The van der Waals surface area contributed by atoms with E-state index in [-0.39, 0.29) is 18.3 Å². The molecule has 0 heterocycles. The summed E-state index contributed by atoms with van der Waals surface area (Å²) in [6.07, 6.45) is 9.31. The number of aryl methyl sites for hydroxylation is 1. The second-order valence-electron chi connectivity index (χ2n) is 14.7. The van der Waals surface area contributed by atoms with Gasteiger partial charge in [-0.05, 0) is 17.4 Å². The third-order valence-corrected chi connectivity index (χ3v) is 8.07. The Morgan fingerprint density at radius 1 is 0.795 bits per heavy atom. The van der Waals surface area contributed by atoms with Crippen molar-refractivity contribution >= 4 is 4.21 Å². The van der Waals surface area contributed by atoms with E-state index in [2.05, 4.69) is 142 Å². The van der Waals surface area contributed by atoms with Crippen LogP contribution in [0.2, 0.25) is 0 Å². The molecule has 0 N–H and O–H groups in total. The Balaban J connectivity index is 0.000000359. The second kappa shape index (κ2) is 17.0. The standard InChI is InChI=1S/C21H25.C13H21.C7H7.CH3.CH2.Zr/c1-20(2,3)16-9-7-14-11-15-8-10-17(21(4,5)6)13-19(15)18(14)12-16;1-6-10-8-11(7-2)12(9-10)13(3,4)5;1-7-5-3-2-4-6-7;;;/h7,9-10,12-13H,11H2,1-6H3;9-10H,6-7H2,1-5H3;3-6H,1H3;1H3;1H2;/q4*-1;;. The van der Waals surface area contributed by atoms with Gasteiger partial charge in [-0.2, -0.15) is 76.9 Å². The number of rotatable bonds is 2. The summed E-state index contributed by atoms with van der Waals surface area (Å²) in [5.41, 5.74) is 13.3. The van der Waals surface area contributed by atoms with Crippen LogP contribution in [0.15, 0.2) is 71.8 Å². The minimum absolute atomic E-state index is 0. The summed E-state index contributed by atoms with van der Waals surface area (Å²) >= 11 is 1.30. The van der Waals surface area contributed by atoms with Crippen LogP contribution in [0.1, 0.15) is 117 Å². The SMILES string of the molecule is CC(C)(C)c1c[c-]c2c(c1)-c1cc(C(C)(C)C)ccc1C2.CCC1=[C-]C(CC)C=C1C(C)(C)C.Cc1cc[c-]cc1.[CH2]=[Zr].[CH3-]. The Bertz CT molecular complexity index is 1320. The third-order valence-electron chi connectivity index (χ3n) is 8.07. The maximum absolute atomic E-state index is 3.57. The van der Waals surface area contributed by atoms with Gasteiger partial charge in [0.1, 0.15) is 0 Å². The summed E-state index contributed by atoms with van der Waals surface area (Å²) < 4.78 is 3.34. The molecule has 0 radical (unpaired) electrons. The van der Waals surface area contributed by atoms with E-state index in [4.69, 9.17) is 0 Å². The van der Waals surface area contributed by atoms with Crippen LogP contribution in [0.3, 0.4) is 0 Å². The molecule has 0 nitrogen and oxygen atoms in total. The number of hydrogen-bond donors (Lipinski definition) is 0. The van der Waals surface area contributed by atoms with Crippen LogP contribution in [-0.4, -0.2) is 4.21 Å². The average Bonchev–Trinajstić information content (AvgIpc) is 3.55. The molecule has 0 fully saturated rings. The first kappa shape index (κ1) is 39.9. The molecule has 0 saturated carbocycles. The predicted molar refractivity (Wildman–Crippen MR) is 193 cm³/mol. The van der Waals surface area contributed by atoms with Crippen molar-refractivity contribution in [1.82, 2.24) is 0 Å². The second-order valence-corrected chi connectivity index (χ2v) is 14.7. The van der Waals surface area contributed by atoms with E-state index in [1.54, 1.807) is 0 Å². The predicted octanol–water partition coefficient (Wildman–Crippen LogP) is 12.0. The van der Waals surface area contributed by atoms with Crippen LogP contribution < -0.4 is 0 Å². The molecule has 238 valence electrons. The minimum atomic E-state index is 0. The zero-order valence-electron chi connectivity index (χ0n) is 30.2. The Labute approximate surface area is 287 Å². The number of hydrogen-bond acceptors (Lipinski definition) is 0. The molecule has 1 heteroatoms. The maximum Gasteiger partial charge on any atom is -0.358 e. The van der Waals surface area contributed by atoms with Crippen molar-refractivity contribution < 1.29 is 24.2 Å². The van der Waals surface area contributed by atoms with Gasteiger partial charge in [0.15, 0.2) is 0 Å². The molecule has 0 saturated heterocycles. The van der Waals surface area contributed by atoms with Gasteiger partial charge in [0.25, 0.3) is 0 Å². The first-order valence-electron chi connectivity index (χ1n) is 15.9. The summed E-state index contributed by atoms with van der Waals surface area (Å²) in [5.74, 6) is 0.573. The molecule has 3 aromatic carbocycles. The molecule has 1 unspecified atom stereocenters. The summed E-state index contributed by atoms with van der Waals surface area (Å²) in [4.78, 5) is 0. The number of allylic oxidation sites excluding steroid dienone is 4. The zero-order chi connectivity index (χ0) is 32.6. The van der Waals surface area contributed by atoms with Crippen LogP contribution in [0.25, 0.3) is 11.1 Å². The van der Waals surface area contributed by atoms with Crippen LogP contribution >= 0.6 is 0 Å². The van der Waals surface area contributed by atoms with Crippen molar-refractivity contribution in [1.29, 1.82) is 0 Å². The minimum Gasteiger partial charge on any atom is -0.358 e. The maximum atomic E-state index is 3.57. The van der Waals surface area contributed by atoms with E-state index in [9.17, 15) is 0 Å². The van der Waals surface area contributed by atoms with Crippen molar-refractivity contribution in [3.8, 4) is 11.1 Å². The molecular formula is C43H58Zr-4. The van der Waals surface area contributed by atoms with E-state index in [1.165, 1.54) is 80.7 Å². The fourth-order valence-electron chi connectivity index (χ4n) is 5.32. The topological polar surface area (TPSA) is 0 Å². The van der Waals surface area contributed by atoms with Gasteiger partial charge in [0.05, 0.1) is 0 Å². The average molecular weight is 666 g/mol. The molecule has 44 heavy (non-hydrogen) atoms. The van der Waals surface area contributed by atoms with E-state index >= 15 is 0 Å². The normalized spacial score (nSPS) is 14.9. The number of fused-ring (bicyclic) bond motifs is 3. The molecule has 2 aliphatic carbocycles. The van der Waals surface area contributed by atoms with Crippen molar-refractivity contribution in [3.05, 3.63) is 125 Å². The quantitative estimate of drug-likeness (QED) is 0.187. The monoisotopic (exact) mass is 664 g/mol. The van der Waals surface area contributed by atoms with Gasteiger partial charge in [-0.25, -0.2) is 5.57 Å². The molecule has 3 aromatic rings. The van der Waals surface area contributed by atoms with Crippen LogP contribution in [0, 0.1) is 43.9 Å². The Kier molecular flexibility index (Phi) is 15.4. The number of benzene rings is 3. The summed E-state index contributed by atoms with van der Waals surface area (Å²) in [6, 6.07) is 25.9. The smallest absolute Gasteiger partial charge is 0.358 e. The van der Waals surface area contributed by atoms with Crippen molar-refractivity contribution in [2.24, 2.45) is 11.3 Å². The van der Waals surface area contributed by atoms with Gasteiger partial charge in [0, 0.05) is 0 Å². The first-order chi connectivity index (χ1) is 20.0. The van der Waals surface area contributed by atoms with Gasteiger partial charge < -0.3 is 7.43 Å². The van der Waals surface area contributed by atoms with Crippen LogP contribution in [0.5, 0.6) is 0 Å². The molecule has 0 bridgehead atoms. The van der Waals surface area contributed by atoms with Gasteiger partial charge in [-0.3, -0.25) is 6.08 Å². The van der Waals surface area contributed by atoms with Crippen LogP contribution in [0.4, 0.5) is 0 Å². The van der Waals surface area contributed by atoms with Gasteiger partial charge in [0.2, 0.25) is 0 Å². The first-order valence-corrected chi connectivity index (χ1v) is 17.6. The Morgan fingerprint density at radius 2 is 1.36 bits per heavy atom. The largest absolute Gasteiger partial charge is 0.358 e. The van der Waals surface area contributed by atoms with Gasteiger partial charge in [-0.15, -0.1) is 5.56 Å². The summed E-state index contributed by atoms with van der Waals surface area (Å²) in [5, 5.41) is 0. The fraction of sp³-hybridized carbons (Fsp3) is 0.442. The molecular weight excluding hydrogens is 608 g/mol. The molecule has 0 spiro atoms. The molecule has 0 aromatic heterocycles. The zero-order valence-corrected chi connectivity index (χ0v) is 32.6. The van der Waals surface area contributed by atoms with E-state index in [0.717, 1.165) is 12.8 Å². The van der Waals surface area contributed by atoms with Crippen molar-refractivity contribution in [3.63, 3.8) is 0 Å². The fourth-order valence-corrected chi connectivity index (χ4v) is 5.32. The van der Waals surface area contributed by atoms with Gasteiger partial charge in [-0.1, -0.05) is 142 Å². The van der Waals surface area contributed by atoms with Crippen molar-refractivity contribution in [2.75, 3.05) is 0 Å². The van der Waals surface area contributed by atoms with E-state index in [0.29, 0.717) is 11.3 Å². The van der Waals surface area contributed by atoms with Crippen LogP contribution in [-0.2, 0) is 41.5 Å². The van der Waals surface area contributed by atoms with E-state index < -0.39 is 0 Å². The van der Waals surface area contributed by atoms with Gasteiger partial charge >= 0.3 is 28.4 Å². The van der Waals surface area contributed by atoms with Crippen molar-refractivity contribution in [2.45, 2.75) is 113 Å². The Morgan fingerprint density at radius 3 is 1.80 bits per heavy atom. The molecule has 0 aliphatic heterocycles.